The van der Waals surface area contributed by atoms with Crippen molar-refractivity contribution in [3.05, 3.63) is 23.7 Å². The molecule has 20 heavy (non-hydrogen) atoms. The number of halogens is 3. The number of rotatable bonds is 7. The van der Waals surface area contributed by atoms with Gasteiger partial charge < -0.3 is 15.5 Å². The smallest absolute Gasteiger partial charge is 0.401 e. The minimum atomic E-state index is -4.20. The number of nitrogens with two attached hydrogens (primary N) is 1. The Labute approximate surface area is 114 Å². The third-order valence-electron chi connectivity index (χ3n) is 2.57. The van der Waals surface area contributed by atoms with Crippen molar-refractivity contribution in [3.63, 3.8) is 0 Å². The number of hydrogen-bond acceptors (Lipinski definition) is 4. The summed E-state index contributed by atoms with van der Waals surface area (Å²) in [5.41, 5.74) is 5.70. The molecule has 0 spiro atoms. The first kappa shape index (κ1) is 16.5. The largest absolute Gasteiger partial charge is 0.467 e. The molecule has 0 aliphatic rings. The van der Waals surface area contributed by atoms with Gasteiger partial charge in [0.15, 0.2) is 0 Å². The second kappa shape index (κ2) is 7.30. The molecule has 0 radical (unpaired) electrons. The molecule has 0 aliphatic carbocycles. The average Bonchev–Trinajstić information content (AvgIpc) is 2.81. The van der Waals surface area contributed by atoms with E-state index in [0.29, 0.717) is 24.3 Å². The molecule has 1 amide bonds. The van der Waals surface area contributed by atoms with Gasteiger partial charge in [0, 0.05) is 6.54 Å². The first-order chi connectivity index (χ1) is 9.31. The zero-order valence-corrected chi connectivity index (χ0v) is 11.2. The predicted molar refractivity (Wildman–Crippen MR) is 67.1 cm³/mol. The molecule has 1 aromatic heterocycles. The fourth-order valence-electron chi connectivity index (χ4n) is 1.64. The summed E-state index contributed by atoms with van der Waals surface area (Å²) in [4.78, 5) is 12.8. The van der Waals surface area contributed by atoms with E-state index in [0.717, 1.165) is 4.90 Å². The number of carbonyl (C=O) groups is 1. The first-order valence-electron chi connectivity index (χ1n) is 6.13. The van der Waals surface area contributed by atoms with Gasteiger partial charge in [-0.25, -0.2) is 0 Å². The maximum atomic E-state index is 12.1. The highest BCUT2D eigenvalue weighted by molar-refractivity contribution is 5.93. The molecule has 0 aromatic carbocycles. The van der Waals surface area contributed by atoms with Crippen LogP contribution < -0.4 is 11.1 Å². The number of carbonyl (C=O) groups excluding carboxylic acids is 1. The zero-order valence-electron chi connectivity index (χ0n) is 11.2. The van der Waals surface area contributed by atoms with Gasteiger partial charge in [0.1, 0.15) is 12.0 Å². The van der Waals surface area contributed by atoms with Gasteiger partial charge in [-0.2, -0.15) is 13.2 Å². The van der Waals surface area contributed by atoms with Crippen LogP contribution in [0.15, 0.2) is 16.7 Å². The highest BCUT2D eigenvalue weighted by atomic mass is 19.4. The Morgan fingerprint density at radius 2 is 2.20 bits per heavy atom. The van der Waals surface area contributed by atoms with Gasteiger partial charge in [-0.3, -0.25) is 9.69 Å². The second-order valence-corrected chi connectivity index (χ2v) is 4.47. The van der Waals surface area contributed by atoms with Crippen LogP contribution in [0.25, 0.3) is 0 Å². The highest BCUT2D eigenvalue weighted by Crippen LogP contribution is 2.15. The van der Waals surface area contributed by atoms with Gasteiger partial charge >= 0.3 is 6.18 Å². The summed E-state index contributed by atoms with van der Waals surface area (Å²) in [7, 11) is 1.39. The molecule has 0 aliphatic heterocycles. The molecule has 0 bridgehead atoms. The maximum absolute atomic E-state index is 12.1. The maximum Gasteiger partial charge on any atom is 0.401 e. The molecule has 0 atom stereocenters. The molecular weight excluding hydrogens is 275 g/mol. The summed E-state index contributed by atoms with van der Waals surface area (Å²) in [6.07, 6.45) is -2.47. The normalized spacial score (nSPS) is 11.9. The van der Waals surface area contributed by atoms with E-state index in [2.05, 4.69) is 5.32 Å². The molecule has 1 aromatic rings. The van der Waals surface area contributed by atoms with Crippen LogP contribution in [0.3, 0.4) is 0 Å². The van der Waals surface area contributed by atoms with Crippen molar-refractivity contribution < 1.29 is 22.4 Å². The first-order valence-corrected chi connectivity index (χ1v) is 6.13. The van der Waals surface area contributed by atoms with Gasteiger partial charge in [0.25, 0.3) is 5.91 Å². The minimum absolute atomic E-state index is 0.204. The predicted octanol–water partition coefficient (Wildman–Crippen LogP) is 1.35. The van der Waals surface area contributed by atoms with Crippen molar-refractivity contribution in [3.8, 4) is 0 Å². The van der Waals surface area contributed by atoms with Crippen LogP contribution in [0.5, 0.6) is 0 Å². The summed E-state index contributed by atoms with van der Waals surface area (Å²) >= 11 is 0. The minimum Gasteiger partial charge on any atom is -0.467 e. The Kier molecular flexibility index (Phi) is 6.03. The third kappa shape index (κ3) is 6.07. The summed E-state index contributed by atoms with van der Waals surface area (Å²) < 4.78 is 41.2. The average molecular weight is 293 g/mol. The molecule has 0 fully saturated rings. The Hall–Kier alpha value is -1.54. The molecule has 5 nitrogen and oxygen atoms in total. The van der Waals surface area contributed by atoms with Crippen molar-refractivity contribution in [1.29, 1.82) is 0 Å². The molecule has 1 rings (SSSR count). The SMILES string of the molecule is CN(CCCNC(=O)c1coc(CN)c1)CC(F)(F)F. The number of furan rings is 1. The molecule has 8 heteroatoms. The van der Waals surface area contributed by atoms with E-state index in [4.69, 9.17) is 10.2 Å². The Morgan fingerprint density at radius 3 is 2.75 bits per heavy atom. The van der Waals surface area contributed by atoms with Crippen molar-refractivity contribution in [2.75, 3.05) is 26.7 Å². The monoisotopic (exact) mass is 293 g/mol. The number of nitrogens with zero attached hydrogens (tertiary/aromatic N) is 1. The standard InChI is InChI=1S/C12H18F3N3O2/c1-18(8-12(13,14)15)4-2-3-17-11(19)9-5-10(6-16)20-7-9/h5,7H,2-4,6,8,16H2,1H3,(H,17,19). The zero-order chi connectivity index (χ0) is 15.2. The van der Waals surface area contributed by atoms with Crippen LogP contribution in [0.4, 0.5) is 13.2 Å². The van der Waals surface area contributed by atoms with Crippen LogP contribution in [0, 0.1) is 0 Å². The van der Waals surface area contributed by atoms with E-state index >= 15 is 0 Å². The molecule has 114 valence electrons. The molecule has 3 N–H and O–H groups in total. The molecule has 0 saturated carbocycles. The lowest BCUT2D eigenvalue weighted by atomic mass is 10.3. The van der Waals surface area contributed by atoms with Crippen LogP contribution in [0.1, 0.15) is 22.5 Å². The summed E-state index contributed by atoms with van der Waals surface area (Å²) in [6, 6.07) is 1.53. The fourth-order valence-corrected chi connectivity index (χ4v) is 1.64. The van der Waals surface area contributed by atoms with Crippen molar-refractivity contribution in [2.24, 2.45) is 5.73 Å². The van der Waals surface area contributed by atoms with Gasteiger partial charge in [0.2, 0.25) is 0 Å². The lowest BCUT2D eigenvalue weighted by Crippen LogP contribution is -2.33. The lowest BCUT2D eigenvalue weighted by Gasteiger charge is -2.18. The Balaban J connectivity index is 2.22. The molecule has 0 unspecified atom stereocenters. The van der Waals surface area contributed by atoms with E-state index in [1.165, 1.54) is 19.4 Å². The van der Waals surface area contributed by atoms with Gasteiger partial charge in [0.05, 0.1) is 18.7 Å². The highest BCUT2D eigenvalue weighted by Gasteiger charge is 2.28. The van der Waals surface area contributed by atoms with E-state index in [9.17, 15) is 18.0 Å². The number of hydrogen-bond donors (Lipinski definition) is 2. The van der Waals surface area contributed by atoms with Crippen molar-refractivity contribution in [1.82, 2.24) is 10.2 Å². The van der Waals surface area contributed by atoms with Gasteiger partial charge in [-0.05, 0) is 26.1 Å². The fraction of sp³-hybridized carbons (Fsp3) is 0.583. The summed E-state index contributed by atoms with van der Waals surface area (Å²) in [5, 5.41) is 2.61. The molecule has 0 saturated heterocycles. The van der Waals surface area contributed by atoms with E-state index in [-0.39, 0.29) is 19.0 Å². The third-order valence-corrected chi connectivity index (χ3v) is 2.57. The molecule has 1 heterocycles. The second-order valence-electron chi connectivity index (χ2n) is 4.47. The van der Waals surface area contributed by atoms with Crippen LogP contribution in [0.2, 0.25) is 0 Å². The van der Waals surface area contributed by atoms with Crippen LogP contribution in [-0.4, -0.2) is 43.7 Å². The van der Waals surface area contributed by atoms with Crippen LogP contribution in [-0.2, 0) is 6.54 Å². The topological polar surface area (TPSA) is 71.5 Å². The lowest BCUT2D eigenvalue weighted by molar-refractivity contribution is -0.143. The van der Waals surface area contributed by atoms with E-state index in [1.54, 1.807) is 0 Å². The quantitative estimate of drug-likeness (QED) is 0.745. The summed E-state index contributed by atoms with van der Waals surface area (Å²) in [6.45, 7) is -0.207. The Morgan fingerprint density at radius 1 is 1.50 bits per heavy atom. The summed E-state index contributed by atoms with van der Waals surface area (Å²) in [5.74, 6) is 0.173. The van der Waals surface area contributed by atoms with Gasteiger partial charge in [-0.15, -0.1) is 0 Å². The van der Waals surface area contributed by atoms with E-state index in [1.807, 2.05) is 0 Å². The molecular formula is C12H18F3N3O2. The van der Waals surface area contributed by atoms with Crippen molar-refractivity contribution in [2.45, 2.75) is 19.1 Å². The number of nitrogens with one attached hydrogen (secondary N) is 1. The van der Waals surface area contributed by atoms with Crippen LogP contribution >= 0.6 is 0 Å². The number of alkyl halides is 3. The van der Waals surface area contributed by atoms with Crippen molar-refractivity contribution >= 4 is 5.91 Å². The number of amides is 1. The van der Waals surface area contributed by atoms with E-state index < -0.39 is 12.7 Å². The van der Waals surface area contributed by atoms with Gasteiger partial charge in [-0.1, -0.05) is 0 Å². The Bertz CT molecular complexity index is 432.